The predicted molar refractivity (Wildman–Crippen MR) is 37.4 cm³/mol. The number of rotatable bonds is 2. The minimum atomic E-state index is -0.184. The average molecular weight is 151 g/mol. The molecule has 1 aliphatic rings. The second kappa shape index (κ2) is 3.69. The van der Waals surface area contributed by atoms with E-state index >= 15 is 0 Å². The third kappa shape index (κ3) is 2.67. The first-order valence-corrected chi connectivity index (χ1v) is 2.78. The molecule has 1 aliphatic heterocycles. The summed E-state index contributed by atoms with van der Waals surface area (Å²) in [6.07, 6.45) is 0.549. The fourth-order valence-electron chi connectivity index (χ4n) is 0.777. The van der Waals surface area contributed by atoms with Crippen LogP contribution in [0.4, 0.5) is 0 Å². The molecule has 0 bridgehead atoms. The maximum absolute atomic E-state index is 10.2. The first-order chi connectivity index (χ1) is 3.79. The van der Waals surface area contributed by atoms with Gasteiger partial charge in [0, 0.05) is 6.42 Å². The summed E-state index contributed by atoms with van der Waals surface area (Å²) in [6.45, 7) is 1.92. The van der Waals surface area contributed by atoms with Gasteiger partial charge in [0.05, 0.1) is 0 Å². The second-order valence-electron chi connectivity index (χ2n) is 2.19. The molecule has 0 aromatic rings. The highest BCUT2D eigenvalue weighted by atomic mass is 35.5. The molecule has 0 aromatic carbocycles. The van der Waals surface area contributed by atoms with Gasteiger partial charge in [0.1, 0.15) is 0 Å². The summed E-state index contributed by atoms with van der Waals surface area (Å²) in [7, 11) is 0. The van der Waals surface area contributed by atoms with E-state index in [4.69, 9.17) is 5.73 Å². The van der Waals surface area contributed by atoms with Crippen molar-refractivity contribution in [2.75, 3.05) is 13.1 Å². The largest absolute Gasteiger partial charge is 0.370 e. The van der Waals surface area contributed by atoms with Crippen LogP contribution in [0.2, 0.25) is 0 Å². The Morgan fingerprint density at radius 2 is 2.22 bits per heavy atom. The molecule has 0 spiro atoms. The molecule has 0 saturated carbocycles. The standard InChI is InChI=1S/C5H10N2O.ClH/c6-5(8)1-4-2-7-3-4;/h4,7H,1-3H2,(H2,6,8);1H. The molecule has 1 heterocycles. The maximum Gasteiger partial charge on any atom is 0.217 e. The molecule has 0 unspecified atom stereocenters. The number of nitrogens with two attached hydrogens (primary N) is 1. The predicted octanol–water partition coefficient (Wildman–Crippen LogP) is -0.497. The molecule has 0 aliphatic carbocycles. The fraction of sp³-hybridized carbons (Fsp3) is 0.800. The molecule has 4 heteroatoms. The number of carbonyl (C=O) groups excluding carboxylic acids is 1. The Morgan fingerprint density at radius 1 is 1.67 bits per heavy atom. The van der Waals surface area contributed by atoms with Gasteiger partial charge in [-0.05, 0) is 19.0 Å². The van der Waals surface area contributed by atoms with E-state index in [0.29, 0.717) is 12.3 Å². The molecule has 54 valence electrons. The van der Waals surface area contributed by atoms with Crippen molar-refractivity contribution in [1.29, 1.82) is 0 Å². The fourth-order valence-corrected chi connectivity index (χ4v) is 0.777. The molecule has 1 saturated heterocycles. The molecule has 3 N–H and O–H groups in total. The zero-order chi connectivity index (χ0) is 5.98. The lowest BCUT2D eigenvalue weighted by Crippen LogP contribution is -2.43. The van der Waals surface area contributed by atoms with Gasteiger partial charge in [-0.3, -0.25) is 4.79 Å². The average Bonchev–Trinajstić information content (AvgIpc) is 1.55. The van der Waals surface area contributed by atoms with E-state index in [0.717, 1.165) is 13.1 Å². The number of hydrogen-bond acceptors (Lipinski definition) is 2. The third-order valence-corrected chi connectivity index (χ3v) is 1.36. The van der Waals surface area contributed by atoms with Crippen molar-refractivity contribution in [2.24, 2.45) is 11.7 Å². The summed E-state index contributed by atoms with van der Waals surface area (Å²) in [6, 6.07) is 0. The molecule has 9 heavy (non-hydrogen) atoms. The van der Waals surface area contributed by atoms with Crippen LogP contribution in [0.5, 0.6) is 0 Å². The highest BCUT2D eigenvalue weighted by molar-refractivity contribution is 5.85. The normalized spacial score (nSPS) is 17.8. The van der Waals surface area contributed by atoms with Crippen molar-refractivity contribution in [3.05, 3.63) is 0 Å². The molecular weight excluding hydrogens is 140 g/mol. The lowest BCUT2D eigenvalue weighted by molar-refractivity contribution is -0.119. The third-order valence-electron chi connectivity index (χ3n) is 1.36. The van der Waals surface area contributed by atoms with Gasteiger partial charge in [0.25, 0.3) is 0 Å². The van der Waals surface area contributed by atoms with E-state index in [-0.39, 0.29) is 18.3 Å². The molecular formula is C5H11ClN2O. The van der Waals surface area contributed by atoms with E-state index in [1.54, 1.807) is 0 Å². The van der Waals surface area contributed by atoms with E-state index < -0.39 is 0 Å². The molecule has 1 rings (SSSR count). The summed E-state index contributed by atoms with van der Waals surface area (Å²) in [5.41, 5.74) is 4.94. The van der Waals surface area contributed by atoms with E-state index in [9.17, 15) is 4.79 Å². The number of primary amides is 1. The zero-order valence-corrected chi connectivity index (χ0v) is 5.91. The summed E-state index contributed by atoms with van der Waals surface area (Å²) in [4.78, 5) is 10.2. The minimum absolute atomic E-state index is 0. The van der Waals surface area contributed by atoms with Crippen molar-refractivity contribution >= 4 is 18.3 Å². The van der Waals surface area contributed by atoms with Crippen LogP contribution in [0.3, 0.4) is 0 Å². The Labute approximate surface area is 60.4 Å². The Hall–Kier alpha value is -0.280. The second-order valence-corrected chi connectivity index (χ2v) is 2.19. The van der Waals surface area contributed by atoms with Gasteiger partial charge in [-0.1, -0.05) is 0 Å². The number of nitrogens with one attached hydrogen (secondary N) is 1. The summed E-state index contributed by atoms with van der Waals surface area (Å²) >= 11 is 0. The van der Waals surface area contributed by atoms with Crippen molar-refractivity contribution in [3.63, 3.8) is 0 Å². The van der Waals surface area contributed by atoms with Gasteiger partial charge in [-0.2, -0.15) is 0 Å². The molecule has 0 aromatic heterocycles. The van der Waals surface area contributed by atoms with Gasteiger partial charge in [-0.25, -0.2) is 0 Å². The quantitative estimate of drug-likeness (QED) is 0.558. The number of halogens is 1. The molecule has 0 radical (unpaired) electrons. The molecule has 3 nitrogen and oxygen atoms in total. The SMILES string of the molecule is Cl.NC(=O)CC1CNC1. The Kier molecular flexibility index (Phi) is 3.58. The van der Waals surface area contributed by atoms with Crippen LogP contribution in [0.1, 0.15) is 6.42 Å². The van der Waals surface area contributed by atoms with Gasteiger partial charge in [0.15, 0.2) is 0 Å². The van der Waals surface area contributed by atoms with Crippen LogP contribution in [0.25, 0.3) is 0 Å². The van der Waals surface area contributed by atoms with Crippen LogP contribution >= 0.6 is 12.4 Å². The van der Waals surface area contributed by atoms with Gasteiger partial charge < -0.3 is 11.1 Å². The van der Waals surface area contributed by atoms with Crippen LogP contribution in [-0.4, -0.2) is 19.0 Å². The van der Waals surface area contributed by atoms with Gasteiger partial charge in [0.2, 0.25) is 5.91 Å². The zero-order valence-electron chi connectivity index (χ0n) is 5.09. The maximum atomic E-state index is 10.2. The smallest absolute Gasteiger partial charge is 0.217 e. The number of carbonyl (C=O) groups is 1. The monoisotopic (exact) mass is 150 g/mol. The molecule has 0 atom stereocenters. The summed E-state index contributed by atoms with van der Waals surface area (Å²) in [5.74, 6) is 0.337. The van der Waals surface area contributed by atoms with E-state index in [1.165, 1.54) is 0 Å². The Bertz CT molecular complexity index is 103. The summed E-state index contributed by atoms with van der Waals surface area (Å²) < 4.78 is 0. The first-order valence-electron chi connectivity index (χ1n) is 2.78. The number of amides is 1. The van der Waals surface area contributed by atoms with E-state index in [1.807, 2.05) is 0 Å². The lowest BCUT2D eigenvalue weighted by Gasteiger charge is -2.25. The van der Waals surface area contributed by atoms with Crippen LogP contribution < -0.4 is 11.1 Å². The highest BCUT2D eigenvalue weighted by Gasteiger charge is 2.17. The molecule has 1 amide bonds. The highest BCUT2D eigenvalue weighted by Crippen LogP contribution is 2.05. The van der Waals surface area contributed by atoms with Crippen LogP contribution in [-0.2, 0) is 4.79 Å². The van der Waals surface area contributed by atoms with Gasteiger partial charge in [-0.15, -0.1) is 12.4 Å². The lowest BCUT2D eigenvalue weighted by atomic mass is 9.99. The minimum Gasteiger partial charge on any atom is -0.370 e. The molecule has 1 fully saturated rings. The Morgan fingerprint density at radius 3 is 2.33 bits per heavy atom. The topological polar surface area (TPSA) is 55.1 Å². The van der Waals surface area contributed by atoms with Crippen molar-refractivity contribution < 1.29 is 4.79 Å². The van der Waals surface area contributed by atoms with E-state index in [2.05, 4.69) is 5.32 Å². The van der Waals surface area contributed by atoms with Crippen molar-refractivity contribution in [2.45, 2.75) is 6.42 Å². The van der Waals surface area contributed by atoms with Crippen LogP contribution in [0, 0.1) is 5.92 Å². The Balaban J connectivity index is 0.000000640. The van der Waals surface area contributed by atoms with Gasteiger partial charge >= 0.3 is 0 Å². The van der Waals surface area contributed by atoms with Crippen molar-refractivity contribution in [3.8, 4) is 0 Å². The van der Waals surface area contributed by atoms with Crippen LogP contribution in [0.15, 0.2) is 0 Å². The first kappa shape index (κ1) is 8.72. The van der Waals surface area contributed by atoms with Crippen molar-refractivity contribution in [1.82, 2.24) is 5.32 Å². The summed E-state index contributed by atoms with van der Waals surface area (Å²) in [5, 5.41) is 3.06. The number of hydrogen-bond donors (Lipinski definition) is 2.